The van der Waals surface area contributed by atoms with Crippen LogP contribution in [0.3, 0.4) is 0 Å². The van der Waals surface area contributed by atoms with E-state index in [2.05, 4.69) is 29.2 Å². The maximum atomic E-state index is 12.4. The van der Waals surface area contributed by atoms with Crippen molar-refractivity contribution < 1.29 is 9.53 Å². The highest BCUT2D eigenvalue weighted by Crippen LogP contribution is 2.32. The maximum Gasteiger partial charge on any atom is 0.251 e. The second-order valence-electron chi connectivity index (χ2n) is 7.42. The summed E-state index contributed by atoms with van der Waals surface area (Å²) in [5.74, 6) is 0.880. The van der Waals surface area contributed by atoms with Gasteiger partial charge in [0.05, 0.1) is 0 Å². The maximum absolute atomic E-state index is 12.4. The monoisotopic (exact) mass is 328 g/mol. The molecular formula is C20H28N2O2. The Morgan fingerprint density at radius 2 is 1.92 bits per heavy atom. The normalized spacial score (nSPS) is 27.9. The zero-order valence-corrected chi connectivity index (χ0v) is 14.5. The standard InChI is InChI=1S/C20H28N2O2/c23-20(19-9-4-14-24-19)22-12-10-21(11-13-22)15-17-7-3-6-16-5-1-2-8-18(16)17/h1-2,5,8,17,19H,3-4,6-7,9-15H2/t17-,19-/m1/s1. The summed E-state index contributed by atoms with van der Waals surface area (Å²) in [4.78, 5) is 17.0. The van der Waals surface area contributed by atoms with Crippen molar-refractivity contribution in [2.45, 2.75) is 44.1 Å². The Morgan fingerprint density at radius 3 is 2.71 bits per heavy atom. The first-order valence-electron chi connectivity index (χ1n) is 9.52. The largest absolute Gasteiger partial charge is 0.368 e. The SMILES string of the molecule is O=C([C@H]1CCCO1)N1CCN(C[C@H]2CCCc3ccccc32)CC1. The number of hydrogen-bond acceptors (Lipinski definition) is 3. The quantitative estimate of drug-likeness (QED) is 0.854. The van der Waals surface area contributed by atoms with Crippen molar-refractivity contribution in [3.8, 4) is 0 Å². The first kappa shape index (κ1) is 16.1. The number of hydrogen-bond donors (Lipinski definition) is 0. The first-order chi connectivity index (χ1) is 11.8. The van der Waals surface area contributed by atoms with Gasteiger partial charge in [0.15, 0.2) is 0 Å². The molecule has 0 unspecified atom stereocenters. The fourth-order valence-electron chi connectivity index (χ4n) is 4.48. The number of amides is 1. The Kier molecular flexibility index (Phi) is 4.86. The van der Waals surface area contributed by atoms with Crippen LogP contribution in [0, 0.1) is 0 Å². The molecule has 1 aromatic carbocycles. The minimum Gasteiger partial charge on any atom is -0.368 e. The van der Waals surface area contributed by atoms with Crippen LogP contribution in [-0.2, 0) is 16.0 Å². The molecule has 0 N–H and O–H groups in total. The molecule has 4 heteroatoms. The number of fused-ring (bicyclic) bond motifs is 1. The highest BCUT2D eigenvalue weighted by Gasteiger charge is 2.31. The van der Waals surface area contributed by atoms with Crippen molar-refractivity contribution in [2.75, 3.05) is 39.3 Å². The molecule has 1 aliphatic carbocycles. The molecule has 1 aromatic rings. The van der Waals surface area contributed by atoms with Gasteiger partial charge in [-0.2, -0.15) is 0 Å². The molecule has 0 aromatic heterocycles. The van der Waals surface area contributed by atoms with E-state index in [1.54, 1.807) is 11.1 Å². The average Bonchev–Trinajstić information content (AvgIpc) is 3.17. The third kappa shape index (κ3) is 3.35. The van der Waals surface area contributed by atoms with Crippen LogP contribution < -0.4 is 0 Å². The second kappa shape index (κ2) is 7.24. The highest BCUT2D eigenvalue weighted by molar-refractivity contribution is 5.81. The third-order valence-electron chi connectivity index (χ3n) is 5.86. The van der Waals surface area contributed by atoms with E-state index in [-0.39, 0.29) is 12.0 Å². The Balaban J connectivity index is 1.31. The molecule has 0 bridgehead atoms. The fraction of sp³-hybridized carbons (Fsp3) is 0.650. The van der Waals surface area contributed by atoms with Crippen molar-refractivity contribution in [3.63, 3.8) is 0 Å². The topological polar surface area (TPSA) is 32.8 Å². The van der Waals surface area contributed by atoms with E-state index in [1.165, 1.54) is 19.3 Å². The van der Waals surface area contributed by atoms with Gasteiger partial charge in [0.25, 0.3) is 5.91 Å². The van der Waals surface area contributed by atoms with Gasteiger partial charge in [0.1, 0.15) is 6.10 Å². The highest BCUT2D eigenvalue weighted by atomic mass is 16.5. The minimum atomic E-state index is -0.165. The van der Waals surface area contributed by atoms with E-state index in [1.807, 2.05) is 4.90 Å². The Morgan fingerprint density at radius 1 is 1.08 bits per heavy atom. The van der Waals surface area contributed by atoms with Gasteiger partial charge >= 0.3 is 0 Å². The van der Waals surface area contributed by atoms with Crippen molar-refractivity contribution in [1.82, 2.24) is 9.80 Å². The number of carbonyl (C=O) groups excluding carboxylic acids is 1. The van der Waals surface area contributed by atoms with E-state index < -0.39 is 0 Å². The number of rotatable bonds is 3. The van der Waals surface area contributed by atoms with Crippen LogP contribution in [0.15, 0.2) is 24.3 Å². The van der Waals surface area contributed by atoms with Crippen molar-refractivity contribution in [1.29, 1.82) is 0 Å². The van der Waals surface area contributed by atoms with Gasteiger partial charge in [0.2, 0.25) is 0 Å². The molecule has 0 radical (unpaired) electrons. The molecule has 1 amide bonds. The van der Waals surface area contributed by atoms with Crippen LogP contribution in [0.4, 0.5) is 0 Å². The predicted molar refractivity (Wildman–Crippen MR) is 94.1 cm³/mol. The van der Waals surface area contributed by atoms with Crippen LogP contribution >= 0.6 is 0 Å². The lowest BCUT2D eigenvalue weighted by molar-refractivity contribution is -0.142. The van der Waals surface area contributed by atoms with Gasteiger partial charge in [-0.3, -0.25) is 9.69 Å². The summed E-state index contributed by atoms with van der Waals surface area (Å²) in [5.41, 5.74) is 3.10. The fourth-order valence-corrected chi connectivity index (χ4v) is 4.48. The third-order valence-corrected chi connectivity index (χ3v) is 5.86. The molecule has 4 nitrogen and oxygen atoms in total. The zero-order chi connectivity index (χ0) is 16.4. The lowest BCUT2D eigenvalue weighted by atomic mass is 9.82. The number of ether oxygens (including phenoxy) is 1. The first-order valence-corrected chi connectivity index (χ1v) is 9.52. The average molecular weight is 328 g/mol. The summed E-state index contributed by atoms with van der Waals surface area (Å²) in [5, 5.41) is 0. The van der Waals surface area contributed by atoms with Gasteiger partial charge in [-0.05, 0) is 49.1 Å². The van der Waals surface area contributed by atoms with Gasteiger partial charge in [0, 0.05) is 39.3 Å². The van der Waals surface area contributed by atoms with E-state index in [4.69, 9.17) is 4.74 Å². The van der Waals surface area contributed by atoms with Crippen LogP contribution in [0.1, 0.15) is 42.7 Å². The van der Waals surface area contributed by atoms with E-state index in [0.717, 1.165) is 52.2 Å². The Bertz CT molecular complexity index is 575. The predicted octanol–water partition coefficient (Wildman–Crippen LogP) is 2.43. The molecule has 2 fully saturated rings. The van der Waals surface area contributed by atoms with Gasteiger partial charge < -0.3 is 9.64 Å². The Labute approximate surface area is 144 Å². The molecule has 3 aliphatic rings. The van der Waals surface area contributed by atoms with E-state index in [0.29, 0.717) is 5.92 Å². The van der Waals surface area contributed by atoms with Crippen molar-refractivity contribution in [2.24, 2.45) is 0 Å². The minimum absolute atomic E-state index is 0.165. The molecular weight excluding hydrogens is 300 g/mol. The van der Waals surface area contributed by atoms with Crippen molar-refractivity contribution in [3.05, 3.63) is 35.4 Å². The molecule has 0 saturated carbocycles. The van der Waals surface area contributed by atoms with Crippen LogP contribution in [0.2, 0.25) is 0 Å². The lowest BCUT2D eigenvalue weighted by Crippen LogP contribution is -2.52. The molecule has 0 spiro atoms. The number of piperazine rings is 1. The summed E-state index contributed by atoms with van der Waals surface area (Å²) in [6.45, 7) is 5.59. The van der Waals surface area contributed by atoms with Gasteiger partial charge in [-0.15, -0.1) is 0 Å². The smallest absolute Gasteiger partial charge is 0.251 e. The van der Waals surface area contributed by atoms with Gasteiger partial charge in [-0.25, -0.2) is 0 Å². The molecule has 2 atom stereocenters. The molecule has 24 heavy (non-hydrogen) atoms. The summed E-state index contributed by atoms with van der Waals surface area (Å²) < 4.78 is 5.55. The Hall–Kier alpha value is -1.39. The number of aryl methyl sites for hydroxylation is 1. The molecule has 2 aliphatic heterocycles. The van der Waals surface area contributed by atoms with Crippen LogP contribution in [0.5, 0.6) is 0 Å². The lowest BCUT2D eigenvalue weighted by Gasteiger charge is -2.38. The number of carbonyl (C=O) groups is 1. The second-order valence-corrected chi connectivity index (χ2v) is 7.42. The molecule has 2 heterocycles. The van der Waals surface area contributed by atoms with Crippen molar-refractivity contribution >= 4 is 5.91 Å². The zero-order valence-electron chi connectivity index (χ0n) is 14.5. The van der Waals surface area contributed by atoms with E-state index >= 15 is 0 Å². The molecule has 130 valence electrons. The molecule has 4 rings (SSSR count). The van der Waals surface area contributed by atoms with Gasteiger partial charge in [-0.1, -0.05) is 24.3 Å². The summed E-state index contributed by atoms with van der Waals surface area (Å²) in [6.07, 6.45) is 5.60. The van der Waals surface area contributed by atoms with E-state index in [9.17, 15) is 4.79 Å². The van der Waals surface area contributed by atoms with Crippen LogP contribution in [-0.4, -0.2) is 61.1 Å². The summed E-state index contributed by atoms with van der Waals surface area (Å²) in [6, 6.07) is 8.95. The molecule has 2 saturated heterocycles. The number of nitrogens with zero attached hydrogens (tertiary/aromatic N) is 2. The summed E-state index contributed by atoms with van der Waals surface area (Å²) >= 11 is 0. The number of benzene rings is 1. The summed E-state index contributed by atoms with van der Waals surface area (Å²) in [7, 11) is 0. The van der Waals surface area contributed by atoms with Crippen LogP contribution in [0.25, 0.3) is 0 Å².